The van der Waals surface area contributed by atoms with E-state index in [1.165, 1.54) is 9.13 Å². The molecule has 182 valence electrons. The van der Waals surface area contributed by atoms with Gasteiger partial charge in [0, 0.05) is 32.4 Å². The summed E-state index contributed by atoms with van der Waals surface area (Å²) in [5, 5.41) is 0. The predicted molar refractivity (Wildman–Crippen MR) is 135 cm³/mol. The molecule has 4 aromatic rings. The number of fused-ring (bicyclic) bond motifs is 3. The predicted octanol–water partition coefficient (Wildman–Crippen LogP) is 3.51. The second-order valence-corrected chi connectivity index (χ2v) is 8.81. The molecular weight excluding hydrogens is 446 g/mol. The van der Waals surface area contributed by atoms with E-state index in [0.717, 1.165) is 23.7 Å². The maximum absolute atomic E-state index is 13.4. The fourth-order valence-corrected chi connectivity index (χ4v) is 4.54. The van der Waals surface area contributed by atoms with Crippen LogP contribution in [0.3, 0.4) is 0 Å². The van der Waals surface area contributed by atoms with E-state index in [-0.39, 0.29) is 23.7 Å². The van der Waals surface area contributed by atoms with Crippen LogP contribution in [-0.4, -0.2) is 38.4 Å². The van der Waals surface area contributed by atoms with Gasteiger partial charge < -0.3 is 18.9 Å². The molecule has 1 atom stereocenters. The van der Waals surface area contributed by atoms with Crippen molar-refractivity contribution in [3.63, 3.8) is 0 Å². The zero-order chi connectivity index (χ0) is 24.5. The van der Waals surface area contributed by atoms with Gasteiger partial charge in [0.25, 0.3) is 5.56 Å². The van der Waals surface area contributed by atoms with Gasteiger partial charge in [-0.1, -0.05) is 25.1 Å². The lowest BCUT2D eigenvalue weighted by Gasteiger charge is -2.33. The summed E-state index contributed by atoms with van der Waals surface area (Å²) in [5.74, 6) is 2.44. The minimum Gasteiger partial charge on any atom is -0.457 e. The van der Waals surface area contributed by atoms with Crippen molar-refractivity contribution in [2.75, 3.05) is 24.7 Å². The van der Waals surface area contributed by atoms with E-state index in [4.69, 9.17) is 14.5 Å². The molecule has 0 radical (unpaired) electrons. The van der Waals surface area contributed by atoms with Crippen molar-refractivity contribution in [1.82, 2.24) is 18.7 Å². The van der Waals surface area contributed by atoms with E-state index in [1.807, 2.05) is 66.1 Å². The summed E-state index contributed by atoms with van der Waals surface area (Å²) in [6.45, 7) is 6.46. The smallest absolute Gasteiger partial charge is 0.332 e. The highest BCUT2D eigenvalue weighted by atomic mass is 16.5. The summed E-state index contributed by atoms with van der Waals surface area (Å²) in [6.07, 6.45) is 0. The van der Waals surface area contributed by atoms with Crippen molar-refractivity contribution >= 4 is 22.8 Å². The Hall–Kier alpha value is -3.85. The molecule has 0 saturated carbocycles. The van der Waals surface area contributed by atoms with Crippen LogP contribution in [0.2, 0.25) is 0 Å². The number of rotatable bonds is 7. The van der Waals surface area contributed by atoms with Gasteiger partial charge in [-0.15, -0.1) is 0 Å². The van der Waals surface area contributed by atoms with Gasteiger partial charge in [-0.05, 0) is 49.2 Å². The van der Waals surface area contributed by atoms with E-state index in [1.54, 1.807) is 7.05 Å². The largest absolute Gasteiger partial charge is 0.457 e. The first kappa shape index (κ1) is 22.9. The second-order valence-electron chi connectivity index (χ2n) is 8.81. The van der Waals surface area contributed by atoms with Gasteiger partial charge in [0.05, 0.1) is 13.2 Å². The molecule has 0 amide bonds. The molecule has 1 unspecified atom stereocenters. The summed E-state index contributed by atoms with van der Waals surface area (Å²) in [4.78, 5) is 33.2. The number of ether oxygens (including phenoxy) is 2. The van der Waals surface area contributed by atoms with Gasteiger partial charge in [0.15, 0.2) is 11.2 Å². The third-order valence-corrected chi connectivity index (χ3v) is 6.23. The fourth-order valence-electron chi connectivity index (χ4n) is 4.54. The number of para-hydroxylation sites is 1. The first-order valence-corrected chi connectivity index (χ1v) is 11.9. The Kier molecular flexibility index (Phi) is 6.17. The normalized spacial score (nSPS) is 15.4. The van der Waals surface area contributed by atoms with Crippen molar-refractivity contribution in [3.05, 3.63) is 75.4 Å². The zero-order valence-corrected chi connectivity index (χ0v) is 20.2. The zero-order valence-electron chi connectivity index (χ0n) is 20.2. The van der Waals surface area contributed by atoms with Gasteiger partial charge in [-0.25, -0.2) is 4.79 Å². The van der Waals surface area contributed by atoms with Crippen LogP contribution in [0.25, 0.3) is 11.2 Å². The summed E-state index contributed by atoms with van der Waals surface area (Å²) < 4.78 is 15.9. The Bertz CT molecular complexity index is 1450. The van der Waals surface area contributed by atoms with Gasteiger partial charge in [-0.2, -0.15) is 4.98 Å². The van der Waals surface area contributed by atoms with Gasteiger partial charge in [-0.3, -0.25) is 13.9 Å². The minimum atomic E-state index is -0.389. The Morgan fingerprint density at radius 2 is 1.71 bits per heavy atom. The molecule has 0 N–H and O–H groups in total. The molecule has 0 saturated heterocycles. The molecular formula is C26H29N5O4. The highest BCUT2D eigenvalue weighted by Crippen LogP contribution is 2.34. The van der Waals surface area contributed by atoms with E-state index in [9.17, 15) is 9.59 Å². The Morgan fingerprint density at radius 3 is 2.43 bits per heavy atom. The van der Waals surface area contributed by atoms with Crippen molar-refractivity contribution in [3.8, 4) is 11.5 Å². The third-order valence-electron chi connectivity index (χ3n) is 6.23. The van der Waals surface area contributed by atoms with E-state index in [0.29, 0.717) is 36.9 Å². The highest BCUT2D eigenvalue weighted by molar-refractivity contribution is 5.77. The van der Waals surface area contributed by atoms with Crippen LogP contribution in [0, 0.1) is 5.92 Å². The number of aryl methyl sites for hydroxylation is 1. The number of hydrogen-bond acceptors (Lipinski definition) is 6. The number of hydrogen-bond donors (Lipinski definition) is 0. The first-order valence-electron chi connectivity index (χ1n) is 11.9. The quantitative estimate of drug-likeness (QED) is 0.381. The number of anilines is 2. The average Bonchev–Trinajstić information content (AvgIpc) is 3.25. The fraction of sp³-hybridized carbons (Fsp3) is 0.346. The van der Waals surface area contributed by atoms with Crippen LogP contribution < -0.4 is 20.9 Å². The monoisotopic (exact) mass is 475 g/mol. The molecule has 0 bridgehead atoms. The molecule has 3 heterocycles. The number of aromatic nitrogens is 4. The van der Waals surface area contributed by atoms with Crippen LogP contribution in [0.1, 0.15) is 13.8 Å². The maximum Gasteiger partial charge on any atom is 0.332 e. The molecule has 5 rings (SSSR count). The van der Waals surface area contributed by atoms with Crippen molar-refractivity contribution in [1.29, 1.82) is 0 Å². The molecule has 1 aliphatic heterocycles. The molecule has 2 aromatic carbocycles. The number of nitrogens with zero attached hydrogens (tertiary/aromatic N) is 5. The van der Waals surface area contributed by atoms with Gasteiger partial charge in [0.1, 0.15) is 11.5 Å². The Morgan fingerprint density at radius 1 is 1.00 bits per heavy atom. The van der Waals surface area contributed by atoms with Crippen LogP contribution in [-0.2, 0) is 24.9 Å². The average molecular weight is 476 g/mol. The molecule has 9 nitrogen and oxygen atoms in total. The lowest BCUT2D eigenvalue weighted by molar-refractivity contribution is 0.137. The molecule has 0 fully saturated rings. The Balaban J connectivity index is 1.54. The van der Waals surface area contributed by atoms with E-state index in [2.05, 4.69) is 11.8 Å². The molecule has 0 spiro atoms. The second kappa shape index (κ2) is 9.42. The summed E-state index contributed by atoms with van der Waals surface area (Å²) in [5.41, 5.74) is 1.06. The molecule has 35 heavy (non-hydrogen) atoms. The summed E-state index contributed by atoms with van der Waals surface area (Å²) in [7, 11) is 1.66. The summed E-state index contributed by atoms with van der Waals surface area (Å²) >= 11 is 0. The number of imidazole rings is 1. The van der Waals surface area contributed by atoms with Crippen LogP contribution in [0.5, 0.6) is 11.5 Å². The molecule has 0 aliphatic carbocycles. The van der Waals surface area contributed by atoms with Crippen LogP contribution in [0.4, 0.5) is 11.6 Å². The van der Waals surface area contributed by atoms with E-state index < -0.39 is 0 Å². The van der Waals surface area contributed by atoms with Crippen LogP contribution in [0.15, 0.2) is 64.2 Å². The van der Waals surface area contributed by atoms with E-state index >= 15 is 0 Å². The van der Waals surface area contributed by atoms with Crippen molar-refractivity contribution in [2.45, 2.75) is 26.9 Å². The van der Waals surface area contributed by atoms with Crippen molar-refractivity contribution in [2.24, 2.45) is 13.0 Å². The van der Waals surface area contributed by atoms with Gasteiger partial charge >= 0.3 is 5.69 Å². The molecule has 1 aliphatic rings. The lowest BCUT2D eigenvalue weighted by Crippen LogP contribution is -2.41. The molecule has 9 heteroatoms. The SMILES string of the molecule is CCOCCn1c(=O)c2c(nc3n2CC(C)CN3c2ccc(Oc3ccccc3)cc2)n(C)c1=O. The number of benzene rings is 2. The van der Waals surface area contributed by atoms with Crippen molar-refractivity contribution < 1.29 is 9.47 Å². The minimum absolute atomic E-state index is 0.206. The van der Waals surface area contributed by atoms with Crippen LogP contribution >= 0.6 is 0 Å². The maximum atomic E-state index is 13.4. The van der Waals surface area contributed by atoms with Gasteiger partial charge in [0.2, 0.25) is 5.95 Å². The lowest BCUT2D eigenvalue weighted by atomic mass is 10.1. The molecule has 2 aromatic heterocycles. The topological polar surface area (TPSA) is 83.5 Å². The third kappa shape index (κ3) is 4.23. The first-order chi connectivity index (χ1) is 17.0. The Labute approximate surface area is 202 Å². The summed E-state index contributed by atoms with van der Waals surface area (Å²) in [6, 6.07) is 17.4. The highest BCUT2D eigenvalue weighted by Gasteiger charge is 2.29. The standard InChI is InChI=1S/C26H29N5O4/c1-4-34-15-14-29-24(32)22-23(28(3)26(29)33)27-25-30(16-18(2)17-31(22)25)19-10-12-21(13-11-19)35-20-8-6-5-7-9-20/h5-13,18H,4,14-17H2,1-3H3.